The molecule has 0 aromatic carbocycles. The Kier molecular flexibility index (Phi) is 5.32. The quantitative estimate of drug-likeness (QED) is 0.753. The standard InChI is InChI=1S/C14H21FN4O2/c1-10(5-8-20)17-14(21)18-11-4-7-19(9-11)13-12(15)3-2-6-16-13/h2-3,6,10-11,20H,4-5,7-9H2,1H3,(H2,17,18,21). The van der Waals surface area contributed by atoms with Crippen LogP contribution in [0.1, 0.15) is 19.8 Å². The number of nitrogens with one attached hydrogen (secondary N) is 2. The van der Waals surface area contributed by atoms with E-state index < -0.39 is 0 Å². The first-order valence-electron chi connectivity index (χ1n) is 7.13. The molecule has 1 saturated heterocycles. The van der Waals surface area contributed by atoms with Crippen LogP contribution >= 0.6 is 0 Å². The number of aliphatic hydroxyl groups excluding tert-OH is 1. The number of hydrogen-bond acceptors (Lipinski definition) is 4. The van der Waals surface area contributed by atoms with Crippen molar-refractivity contribution in [2.24, 2.45) is 0 Å². The maximum Gasteiger partial charge on any atom is 0.315 e. The summed E-state index contributed by atoms with van der Waals surface area (Å²) in [5, 5.41) is 14.4. The monoisotopic (exact) mass is 296 g/mol. The SMILES string of the molecule is CC(CCO)NC(=O)NC1CCN(c2ncccc2F)C1. The summed E-state index contributed by atoms with van der Waals surface area (Å²) in [4.78, 5) is 17.7. The number of halogens is 1. The lowest BCUT2D eigenvalue weighted by Crippen LogP contribution is -2.46. The van der Waals surface area contributed by atoms with E-state index in [0.717, 1.165) is 6.42 Å². The number of pyridine rings is 1. The largest absolute Gasteiger partial charge is 0.396 e. The van der Waals surface area contributed by atoms with E-state index in [-0.39, 0.29) is 30.5 Å². The molecule has 1 aliphatic rings. The van der Waals surface area contributed by atoms with E-state index in [1.54, 1.807) is 12.3 Å². The van der Waals surface area contributed by atoms with Crippen LogP contribution in [0.4, 0.5) is 15.0 Å². The highest BCUT2D eigenvalue weighted by atomic mass is 19.1. The van der Waals surface area contributed by atoms with E-state index in [1.165, 1.54) is 6.07 Å². The molecule has 3 N–H and O–H groups in total. The van der Waals surface area contributed by atoms with Crippen molar-refractivity contribution >= 4 is 11.8 Å². The lowest BCUT2D eigenvalue weighted by atomic mass is 10.2. The van der Waals surface area contributed by atoms with Gasteiger partial charge in [-0.2, -0.15) is 0 Å². The van der Waals surface area contributed by atoms with Gasteiger partial charge in [-0.15, -0.1) is 0 Å². The van der Waals surface area contributed by atoms with Gasteiger partial charge < -0.3 is 20.6 Å². The number of aromatic nitrogens is 1. The molecule has 1 aliphatic heterocycles. The van der Waals surface area contributed by atoms with Gasteiger partial charge in [0, 0.05) is 38.0 Å². The molecule has 1 aromatic heterocycles. The molecule has 6 nitrogen and oxygen atoms in total. The fraction of sp³-hybridized carbons (Fsp3) is 0.571. The average Bonchev–Trinajstić information content (AvgIpc) is 2.87. The number of anilines is 1. The maximum atomic E-state index is 13.7. The molecule has 116 valence electrons. The van der Waals surface area contributed by atoms with Gasteiger partial charge in [-0.05, 0) is 31.9 Å². The van der Waals surface area contributed by atoms with Crippen molar-refractivity contribution in [1.82, 2.24) is 15.6 Å². The summed E-state index contributed by atoms with van der Waals surface area (Å²) in [6, 6.07) is 2.56. The van der Waals surface area contributed by atoms with Crippen molar-refractivity contribution in [3.63, 3.8) is 0 Å². The van der Waals surface area contributed by atoms with Crippen molar-refractivity contribution in [3.8, 4) is 0 Å². The zero-order valence-electron chi connectivity index (χ0n) is 12.1. The summed E-state index contributed by atoms with van der Waals surface area (Å²) >= 11 is 0. The molecule has 0 radical (unpaired) electrons. The summed E-state index contributed by atoms with van der Waals surface area (Å²) in [6.45, 7) is 3.07. The minimum Gasteiger partial charge on any atom is -0.396 e. The molecule has 1 aromatic rings. The molecule has 2 amide bonds. The van der Waals surface area contributed by atoms with Gasteiger partial charge in [-0.3, -0.25) is 0 Å². The lowest BCUT2D eigenvalue weighted by molar-refractivity contribution is 0.228. The van der Waals surface area contributed by atoms with Gasteiger partial charge >= 0.3 is 6.03 Å². The third-order valence-corrected chi connectivity index (χ3v) is 3.50. The van der Waals surface area contributed by atoms with Crippen molar-refractivity contribution in [2.75, 3.05) is 24.6 Å². The van der Waals surface area contributed by atoms with Crippen LogP contribution in [0.5, 0.6) is 0 Å². The molecular weight excluding hydrogens is 275 g/mol. The Labute approximate surface area is 123 Å². The van der Waals surface area contributed by atoms with Gasteiger partial charge in [0.15, 0.2) is 11.6 Å². The second kappa shape index (κ2) is 7.21. The predicted molar refractivity (Wildman–Crippen MR) is 77.6 cm³/mol. The van der Waals surface area contributed by atoms with E-state index in [1.807, 2.05) is 11.8 Å². The predicted octanol–water partition coefficient (Wildman–Crippen LogP) is 0.869. The Morgan fingerprint density at radius 2 is 2.48 bits per heavy atom. The number of nitrogens with zero attached hydrogens (tertiary/aromatic N) is 2. The molecule has 0 spiro atoms. The smallest absolute Gasteiger partial charge is 0.315 e. The van der Waals surface area contributed by atoms with Crippen LogP contribution in [-0.4, -0.2) is 47.9 Å². The Balaban J connectivity index is 1.83. The van der Waals surface area contributed by atoms with Gasteiger partial charge in [0.1, 0.15) is 0 Å². The summed E-state index contributed by atoms with van der Waals surface area (Å²) in [5.74, 6) is -0.0185. The number of aliphatic hydroxyl groups is 1. The van der Waals surface area contributed by atoms with E-state index in [9.17, 15) is 9.18 Å². The van der Waals surface area contributed by atoms with Crippen molar-refractivity contribution in [3.05, 3.63) is 24.1 Å². The van der Waals surface area contributed by atoms with Gasteiger partial charge in [0.25, 0.3) is 0 Å². The van der Waals surface area contributed by atoms with Crippen LogP contribution in [0, 0.1) is 5.82 Å². The van der Waals surface area contributed by atoms with Crippen molar-refractivity contribution in [2.45, 2.75) is 31.8 Å². The fourth-order valence-electron chi connectivity index (χ4n) is 2.40. The number of carbonyl (C=O) groups excluding carboxylic acids is 1. The molecule has 0 bridgehead atoms. The number of amides is 2. The third-order valence-electron chi connectivity index (χ3n) is 3.50. The van der Waals surface area contributed by atoms with Crippen LogP contribution in [-0.2, 0) is 0 Å². The molecule has 0 aliphatic carbocycles. The molecule has 2 atom stereocenters. The van der Waals surface area contributed by atoms with Crippen LogP contribution in [0.15, 0.2) is 18.3 Å². The topological polar surface area (TPSA) is 77.5 Å². The van der Waals surface area contributed by atoms with E-state index in [2.05, 4.69) is 15.6 Å². The van der Waals surface area contributed by atoms with Gasteiger partial charge in [-0.25, -0.2) is 14.2 Å². The second-order valence-electron chi connectivity index (χ2n) is 5.27. The van der Waals surface area contributed by atoms with Crippen LogP contribution in [0.3, 0.4) is 0 Å². The normalized spacial score (nSPS) is 19.4. The van der Waals surface area contributed by atoms with Crippen LogP contribution < -0.4 is 15.5 Å². The Morgan fingerprint density at radius 3 is 3.19 bits per heavy atom. The van der Waals surface area contributed by atoms with Crippen LogP contribution in [0.25, 0.3) is 0 Å². The lowest BCUT2D eigenvalue weighted by Gasteiger charge is -2.19. The molecule has 2 heterocycles. The first kappa shape index (κ1) is 15.5. The highest BCUT2D eigenvalue weighted by molar-refractivity contribution is 5.74. The Morgan fingerprint density at radius 1 is 1.67 bits per heavy atom. The van der Waals surface area contributed by atoms with E-state index >= 15 is 0 Å². The number of carbonyl (C=O) groups is 1. The first-order chi connectivity index (χ1) is 10.1. The molecule has 7 heteroatoms. The first-order valence-corrected chi connectivity index (χ1v) is 7.13. The molecule has 21 heavy (non-hydrogen) atoms. The summed E-state index contributed by atoms with van der Waals surface area (Å²) < 4.78 is 13.7. The van der Waals surface area contributed by atoms with Gasteiger partial charge in [0.05, 0.1) is 0 Å². The minimum absolute atomic E-state index is 0.0345. The maximum absolute atomic E-state index is 13.7. The zero-order chi connectivity index (χ0) is 15.2. The van der Waals surface area contributed by atoms with E-state index in [0.29, 0.717) is 25.3 Å². The molecule has 0 saturated carbocycles. The second-order valence-corrected chi connectivity index (χ2v) is 5.27. The Hall–Kier alpha value is -1.89. The highest BCUT2D eigenvalue weighted by Crippen LogP contribution is 2.20. The zero-order valence-corrected chi connectivity index (χ0v) is 12.1. The van der Waals surface area contributed by atoms with Gasteiger partial charge in [0.2, 0.25) is 0 Å². The molecule has 1 fully saturated rings. The number of urea groups is 1. The fourth-order valence-corrected chi connectivity index (χ4v) is 2.40. The van der Waals surface area contributed by atoms with Crippen molar-refractivity contribution < 1.29 is 14.3 Å². The highest BCUT2D eigenvalue weighted by Gasteiger charge is 2.26. The number of rotatable bonds is 5. The summed E-state index contributed by atoms with van der Waals surface area (Å²) in [6.07, 6.45) is 2.82. The Bertz CT molecular complexity index is 486. The molecular formula is C14H21FN4O2. The third kappa shape index (κ3) is 4.29. The summed E-state index contributed by atoms with van der Waals surface area (Å²) in [5.41, 5.74) is 0. The number of hydrogen-bond donors (Lipinski definition) is 3. The summed E-state index contributed by atoms with van der Waals surface area (Å²) in [7, 11) is 0. The molecule has 2 rings (SSSR count). The van der Waals surface area contributed by atoms with Gasteiger partial charge in [-0.1, -0.05) is 0 Å². The van der Waals surface area contributed by atoms with E-state index in [4.69, 9.17) is 5.11 Å². The van der Waals surface area contributed by atoms with Crippen molar-refractivity contribution in [1.29, 1.82) is 0 Å². The minimum atomic E-state index is -0.348. The average molecular weight is 296 g/mol. The van der Waals surface area contributed by atoms with Crippen LogP contribution in [0.2, 0.25) is 0 Å². The molecule has 2 unspecified atom stereocenters.